The second-order valence-corrected chi connectivity index (χ2v) is 5.38. The molecule has 0 saturated carbocycles. The molecular formula is C15H15ClN2O3. The van der Waals surface area contributed by atoms with Crippen LogP contribution in [0.3, 0.4) is 0 Å². The molecule has 110 valence electrons. The van der Waals surface area contributed by atoms with E-state index < -0.39 is 0 Å². The number of fused-ring (bicyclic) bond motifs is 1. The summed E-state index contributed by atoms with van der Waals surface area (Å²) in [7, 11) is 1.58. The number of amides is 1. The first-order valence-electron chi connectivity index (χ1n) is 6.72. The number of carbonyl (C=O) groups excluding carboxylic acids is 1. The highest BCUT2D eigenvalue weighted by Gasteiger charge is 2.30. The highest BCUT2D eigenvalue weighted by Crippen LogP contribution is 2.40. The van der Waals surface area contributed by atoms with Crippen LogP contribution >= 0.6 is 11.6 Å². The first-order valence-corrected chi connectivity index (χ1v) is 7.10. The standard InChI is InChI=1S/C15H15ClN2O3/c1-9-8-13(21-17-9)15(19)18-7-3-4-10-11(16)5-6-12(20-2)14(10)18/h5-6,8H,3-4,7H2,1-2H3. The van der Waals surface area contributed by atoms with Crippen LogP contribution in [-0.4, -0.2) is 24.7 Å². The molecule has 0 atom stereocenters. The molecule has 0 saturated heterocycles. The van der Waals surface area contributed by atoms with Crippen molar-refractivity contribution >= 4 is 23.2 Å². The fourth-order valence-corrected chi connectivity index (χ4v) is 2.86. The lowest BCUT2D eigenvalue weighted by atomic mass is 10.0. The van der Waals surface area contributed by atoms with Gasteiger partial charge in [-0.25, -0.2) is 0 Å². The van der Waals surface area contributed by atoms with Crippen LogP contribution in [0.2, 0.25) is 5.02 Å². The average Bonchev–Trinajstić information content (AvgIpc) is 2.93. The van der Waals surface area contributed by atoms with Gasteiger partial charge in [-0.15, -0.1) is 0 Å². The minimum atomic E-state index is -0.225. The Morgan fingerprint density at radius 2 is 2.29 bits per heavy atom. The number of aryl methyl sites for hydroxylation is 1. The number of benzene rings is 1. The Balaban J connectivity index is 2.08. The minimum Gasteiger partial charge on any atom is -0.495 e. The maximum Gasteiger partial charge on any atom is 0.296 e. The molecule has 0 bridgehead atoms. The smallest absolute Gasteiger partial charge is 0.296 e. The first kappa shape index (κ1) is 13.9. The summed E-state index contributed by atoms with van der Waals surface area (Å²) in [4.78, 5) is 14.3. The third-order valence-electron chi connectivity index (χ3n) is 3.57. The second kappa shape index (κ2) is 5.41. The van der Waals surface area contributed by atoms with Crippen molar-refractivity contribution in [3.63, 3.8) is 0 Å². The molecule has 1 aliphatic heterocycles. The van der Waals surface area contributed by atoms with E-state index in [0.29, 0.717) is 23.0 Å². The molecule has 5 nitrogen and oxygen atoms in total. The number of rotatable bonds is 2. The topological polar surface area (TPSA) is 55.6 Å². The van der Waals surface area contributed by atoms with Crippen molar-refractivity contribution in [2.24, 2.45) is 0 Å². The van der Waals surface area contributed by atoms with Gasteiger partial charge in [0.1, 0.15) is 5.75 Å². The number of carbonyl (C=O) groups is 1. The van der Waals surface area contributed by atoms with Crippen LogP contribution in [0, 0.1) is 6.92 Å². The van der Waals surface area contributed by atoms with E-state index in [2.05, 4.69) is 5.16 Å². The van der Waals surface area contributed by atoms with Gasteiger partial charge < -0.3 is 14.2 Å². The number of ether oxygens (including phenoxy) is 1. The molecule has 1 aromatic carbocycles. The summed E-state index contributed by atoms with van der Waals surface area (Å²) in [6, 6.07) is 5.21. The van der Waals surface area contributed by atoms with Gasteiger partial charge in [0.15, 0.2) is 0 Å². The van der Waals surface area contributed by atoms with Crippen molar-refractivity contribution in [3.05, 3.63) is 40.2 Å². The lowest BCUT2D eigenvalue weighted by molar-refractivity contribution is 0.0948. The fourth-order valence-electron chi connectivity index (χ4n) is 2.61. The van der Waals surface area contributed by atoms with Crippen LogP contribution in [0.5, 0.6) is 5.75 Å². The maximum absolute atomic E-state index is 12.6. The van der Waals surface area contributed by atoms with E-state index in [1.165, 1.54) is 0 Å². The third kappa shape index (κ3) is 2.38. The summed E-state index contributed by atoms with van der Waals surface area (Å²) >= 11 is 6.26. The number of anilines is 1. The van der Waals surface area contributed by atoms with Gasteiger partial charge in [0, 0.05) is 17.6 Å². The summed E-state index contributed by atoms with van der Waals surface area (Å²) in [5.41, 5.74) is 2.34. The molecule has 6 heteroatoms. The Hall–Kier alpha value is -2.01. The lowest BCUT2D eigenvalue weighted by Gasteiger charge is -2.30. The second-order valence-electron chi connectivity index (χ2n) is 4.97. The summed E-state index contributed by atoms with van der Waals surface area (Å²) in [5, 5.41) is 4.42. The zero-order chi connectivity index (χ0) is 15.0. The summed E-state index contributed by atoms with van der Waals surface area (Å²) < 4.78 is 10.5. The molecule has 0 N–H and O–H groups in total. The molecule has 2 heterocycles. The van der Waals surface area contributed by atoms with Crippen LogP contribution in [0.1, 0.15) is 28.2 Å². The van der Waals surface area contributed by atoms with E-state index in [4.69, 9.17) is 20.9 Å². The quantitative estimate of drug-likeness (QED) is 0.854. The van der Waals surface area contributed by atoms with Crippen LogP contribution in [0.25, 0.3) is 0 Å². The number of hydrogen-bond donors (Lipinski definition) is 0. The van der Waals surface area contributed by atoms with Gasteiger partial charge in [0.25, 0.3) is 5.91 Å². The average molecular weight is 307 g/mol. The molecule has 0 fully saturated rings. The van der Waals surface area contributed by atoms with Gasteiger partial charge >= 0.3 is 0 Å². The molecule has 1 aromatic heterocycles. The van der Waals surface area contributed by atoms with Crippen molar-refractivity contribution in [3.8, 4) is 5.75 Å². The molecule has 0 spiro atoms. The number of aromatic nitrogens is 1. The molecule has 0 unspecified atom stereocenters. The zero-order valence-corrected chi connectivity index (χ0v) is 12.6. The van der Waals surface area contributed by atoms with E-state index >= 15 is 0 Å². The Bertz CT molecular complexity index is 696. The predicted octanol–water partition coefficient (Wildman–Crippen LogP) is 3.24. The van der Waals surface area contributed by atoms with Gasteiger partial charge in [0.2, 0.25) is 5.76 Å². The SMILES string of the molecule is COc1ccc(Cl)c2c1N(C(=O)c1cc(C)no1)CCC2. The van der Waals surface area contributed by atoms with Crippen LogP contribution in [0.4, 0.5) is 5.69 Å². The number of halogens is 1. The highest BCUT2D eigenvalue weighted by molar-refractivity contribution is 6.32. The van der Waals surface area contributed by atoms with Gasteiger partial charge in [-0.05, 0) is 37.5 Å². The normalized spacial score (nSPS) is 14.0. The predicted molar refractivity (Wildman–Crippen MR) is 79.2 cm³/mol. The Morgan fingerprint density at radius 1 is 1.48 bits per heavy atom. The molecule has 1 amide bonds. The molecule has 2 aromatic rings. The fraction of sp³-hybridized carbons (Fsp3) is 0.333. The van der Waals surface area contributed by atoms with Gasteiger partial charge in [0.05, 0.1) is 18.5 Å². The molecule has 21 heavy (non-hydrogen) atoms. The monoisotopic (exact) mass is 306 g/mol. The highest BCUT2D eigenvalue weighted by atomic mass is 35.5. The molecule has 0 aliphatic carbocycles. The van der Waals surface area contributed by atoms with E-state index in [-0.39, 0.29) is 11.7 Å². The van der Waals surface area contributed by atoms with Crippen molar-refractivity contribution in [2.45, 2.75) is 19.8 Å². The maximum atomic E-state index is 12.6. The zero-order valence-electron chi connectivity index (χ0n) is 11.9. The number of methoxy groups -OCH3 is 1. The van der Waals surface area contributed by atoms with Crippen molar-refractivity contribution in [1.29, 1.82) is 0 Å². The van der Waals surface area contributed by atoms with E-state index in [0.717, 1.165) is 24.1 Å². The molecule has 1 aliphatic rings. The first-order chi connectivity index (χ1) is 10.1. The van der Waals surface area contributed by atoms with Gasteiger partial charge in [-0.3, -0.25) is 4.79 Å². The van der Waals surface area contributed by atoms with Gasteiger partial charge in [-0.2, -0.15) is 0 Å². The van der Waals surface area contributed by atoms with E-state index in [9.17, 15) is 4.79 Å². The molecule has 3 rings (SSSR count). The Kier molecular flexibility index (Phi) is 3.59. The molecular weight excluding hydrogens is 292 g/mol. The van der Waals surface area contributed by atoms with Crippen molar-refractivity contribution < 1.29 is 14.1 Å². The summed E-state index contributed by atoms with van der Waals surface area (Å²) in [6.07, 6.45) is 1.67. The lowest BCUT2D eigenvalue weighted by Crippen LogP contribution is -2.35. The van der Waals surface area contributed by atoms with Crippen LogP contribution in [0.15, 0.2) is 22.7 Å². The summed E-state index contributed by atoms with van der Waals surface area (Å²) in [5.74, 6) is 0.637. The van der Waals surface area contributed by atoms with Crippen molar-refractivity contribution in [2.75, 3.05) is 18.6 Å². The minimum absolute atomic E-state index is 0.224. The largest absolute Gasteiger partial charge is 0.495 e. The Morgan fingerprint density at radius 3 is 2.95 bits per heavy atom. The Labute approximate surface area is 127 Å². The number of nitrogens with zero attached hydrogens (tertiary/aromatic N) is 2. The van der Waals surface area contributed by atoms with E-state index in [1.54, 1.807) is 37.1 Å². The van der Waals surface area contributed by atoms with Crippen LogP contribution < -0.4 is 9.64 Å². The van der Waals surface area contributed by atoms with Crippen molar-refractivity contribution in [1.82, 2.24) is 5.16 Å². The molecule has 0 radical (unpaired) electrons. The third-order valence-corrected chi connectivity index (χ3v) is 3.92. The van der Waals surface area contributed by atoms with E-state index in [1.807, 2.05) is 0 Å². The van der Waals surface area contributed by atoms with Gasteiger partial charge in [-0.1, -0.05) is 16.8 Å². The van der Waals surface area contributed by atoms with Crippen LogP contribution in [-0.2, 0) is 6.42 Å². The summed E-state index contributed by atoms with van der Waals surface area (Å²) in [6.45, 7) is 2.38. The number of hydrogen-bond acceptors (Lipinski definition) is 4.